The van der Waals surface area contributed by atoms with E-state index in [0.717, 1.165) is 11.5 Å². The summed E-state index contributed by atoms with van der Waals surface area (Å²) in [5.41, 5.74) is 5.85. The van der Waals surface area contributed by atoms with Gasteiger partial charge in [0.1, 0.15) is 17.4 Å². The first-order valence-corrected chi connectivity index (χ1v) is 6.13. The summed E-state index contributed by atoms with van der Waals surface area (Å²) < 4.78 is 32.8. The van der Waals surface area contributed by atoms with Crippen molar-refractivity contribution < 1.29 is 13.5 Å². The van der Waals surface area contributed by atoms with Crippen molar-refractivity contribution in [3.05, 3.63) is 59.8 Å². The van der Waals surface area contributed by atoms with Crippen molar-refractivity contribution in [2.75, 3.05) is 0 Å². The molecule has 0 radical (unpaired) electrons. The minimum atomic E-state index is -0.628. The number of nitrogen functional groups attached to an aromatic ring is 1. The number of H-pyrrole nitrogens is 1. The summed E-state index contributed by atoms with van der Waals surface area (Å²) in [5, 5.41) is 8.08. The van der Waals surface area contributed by atoms with Crippen LogP contribution in [-0.4, -0.2) is 10.8 Å². The molecule has 6 heteroatoms. The van der Waals surface area contributed by atoms with Gasteiger partial charge in [-0.25, -0.2) is 8.78 Å². The third-order valence-electron chi connectivity index (χ3n) is 3.06. The van der Waals surface area contributed by atoms with Crippen LogP contribution in [-0.2, 0) is 0 Å². The van der Waals surface area contributed by atoms with E-state index in [0.29, 0.717) is 5.52 Å². The van der Waals surface area contributed by atoms with Gasteiger partial charge in [0.15, 0.2) is 11.6 Å². The molecule has 0 aliphatic rings. The van der Waals surface area contributed by atoms with Gasteiger partial charge in [-0.15, -0.1) is 0 Å². The number of hydrogen-bond donors (Lipinski definition) is 3. The normalized spacial score (nSPS) is 10.8. The molecule has 0 saturated carbocycles. The molecule has 0 aliphatic heterocycles. The molecule has 1 aromatic heterocycles. The monoisotopic (exact) mass is 287 g/mol. The molecule has 0 aliphatic carbocycles. The van der Waals surface area contributed by atoms with Crippen molar-refractivity contribution >= 4 is 16.7 Å². The Labute approximate surface area is 118 Å². The van der Waals surface area contributed by atoms with Gasteiger partial charge in [-0.3, -0.25) is 5.41 Å². The zero-order valence-electron chi connectivity index (χ0n) is 10.8. The van der Waals surface area contributed by atoms with Crippen molar-refractivity contribution in [2.45, 2.75) is 0 Å². The van der Waals surface area contributed by atoms with Gasteiger partial charge in [0.05, 0.1) is 5.56 Å². The highest BCUT2D eigenvalue weighted by Gasteiger charge is 2.11. The van der Waals surface area contributed by atoms with Gasteiger partial charge in [-0.1, -0.05) is 0 Å². The van der Waals surface area contributed by atoms with Crippen molar-refractivity contribution in [1.29, 1.82) is 5.41 Å². The number of hydrogen-bond acceptors (Lipinski definition) is 2. The van der Waals surface area contributed by atoms with E-state index in [1.807, 2.05) is 0 Å². The highest BCUT2D eigenvalue weighted by Crippen LogP contribution is 2.29. The fourth-order valence-corrected chi connectivity index (χ4v) is 2.03. The summed E-state index contributed by atoms with van der Waals surface area (Å²) in [5.74, 6) is -1.37. The Morgan fingerprint density at radius 3 is 2.67 bits per heavy atom. The number of nitrogens with two attached hydrogens (primary N) is 1. The SMILES string of the molecule is N=C(N)c1cc(Oc2cc3cc[nH]c3cc2F)ccc1F. The number of benzene rings is 2. The molecule has 0 amide bonds. The molecule has 21 heavy (non-hydrogen) atoms. The smallest absolute Gasteiger partial charge is 0.167 e. The molecule has 3 rings (SSSR count). The van der Waals surface area contributed by atoms with E-state index >= 15 is 0 Å². The third kappa shape index (κ3) is 2.43. The fourth-order valence-electron chi connectivity index (χ4n) is 2.03. The number of amidine groups is 1. The van der Waals surface area contributed by atoms with Gasteiger partial charge in [-0.05, 0) is 30.3 Å². The maximum Gasteiger partial charge on any atom is 0.167 e. The average Bonchev–Trinajstić information content (AvgIpc) is 2.88. The summed E-state index contributed by atoms with van der Waals surface area (Å²) in [4.78, 5) is 2.89. The van der Waals surface area contributed by atoms with Crippen LogP contribution in [0, 0.1) is 17.0 Å². The lowest BCUT2D eigenvalue weighted by atomic mass is 10.2. The van der Waals surface area contributed by atoms with E-state index < -0.39 is 17.5 Å². The first kappa shape index (κ1) is 13.1. The van der Waals surface area contributed by atoms with Crippen LogP contribution in [0.15, 0.2) is 42.6 Å². The van der Waals surface area contributed by atoms with Gasteiger partial charge in [0.2, 0.25) is 0 Å². The summed E-state index contributed by atoms with van der Waals surface area (Å²) in [6, 6.07) is 8.38. The van der Waals surface area contributed by atoms with Crippen LogP contribution in [0.2, 0.25) is 0 Å². The van der Waals surface area contributed by atoms with Gasteiger partial charge in [-0.2, -0.15) is 0 Å². The van der Waals surface area contributed by atoms with Crippen LogP contribution < -0.4 is 10.5 Å². The van der Waals surface area contributed by atoms with Crippen molar-refractivity contribution in [3.63, 3.8) is 0 Å². The molecule has 0 fully saturated rings. The Hall–Kier alpha value is -2.89. The van der Waals surface area contributed by atoms with Crippen LogP contribution in [0.4, 0.5) is 8.78 Å². The molecule has 0 saturated heterocycles. The molecule has 4 N–H and O–H groups in total. The Morgan fingerprint density at radius 2 is 1.90 bits per heavy atom. The zero-order valence-corrected chi connectivity index (χ0v) is 10.8. The quantitative estimate of drug-likeness (QED) is 0.509. The Balaban J connectivity index is 2.00. The minimum Gasteiger partial charge on any atom is -0.454 e. The molecule has 0 atom stereocenters. The maximum atomic E-state index is 13.9. The molecule has 4 nitrogen and oxygen atoms in total. The second-order valence-electron chi connectivity index (χ2n) is 4.50. The summed E-state index contributed by atoms with van der Waals surface area (Å²) >= 11 is 0. The zero-order chi connectivity index (χ0) is 15.0. The van der Waals surface area contributed by atoms with Crippen molar-refractivity contribution in [3.8, 4) is 11.5 Å². The molecule has 106 valence electrons. The van der Waals surface area contributed by atoms with Gasteiger partial charge >= 0.3 is 0 Å². The van der Waals surface area contributed by atoms with Crippen molar-refractivity contribution in [2.24, 2.45) is 5.73 Å². The molecule has 0 spiro atoms. The second kappa shape index (κ2) is 4.90. The van der Waals surface area contributed by atoms with Gasteiger partial charge in [0, 0.05) is 23.2 Å². The van der Waals surface area contributed by atoms with Gasteiger partial charge < -0.3 is 15.5 Å². The number of rotatable bonds is 3. The summed E-state index contributed by atoms with van der Waals surface area (Å²) in [7, 11) is 0. The molecular formula is C15H11F2N3O. The number of ether oxygens (including phenoxy) is 1. The molecule has 0 unspecified atom stereocenters. The second-order valence-corrected chi connectivity index (χ2v) is 4.50. The largest absolute Gasteiger partial charge is 0.454 e. The highest BCUT2D eigenvalue weighted by atomic mass is 19.1. The Kier molecular flexibility index (Phi) is 3.06. The Morgan fingerprint density at radius 1 is 1.10 bits per heavy atom. The highest BCUT2D eigenvalue weighted by molar-refractivity contribution is 5.95. The lowest BCUT2D eigenvalue weighted by Crippen LogP contribution is -2.13. The fraction of sp³-hybridized carbons (Fsp3) is 0. The number of fused-ring (bicyclic) bond motifs is 1. The van der Waals surface area contributed by atoms with Crippen LogP contribution >= 0.6 is 0 Å². The predicted molar refractivity (Wildman–Crippen MR) is 75.7 cm³/mol. The molecule has 0 bridgehead atoms. The number of nitrogens with one attached hydrogen (secondary N) is 2. The first-order chi connectivity index (χ1) is 10.0. The van der Waals surface area contributed by atoms with Crippen LogP contribution in [0.25, 0.3) is 10.9 Å². The first-order valence-electron chi connectivity index (χ1n) is 6.13. The number of aromatic nitrogens is 1. The lowest BCUT2D eigenvalue weighted by molar-refractivity contribution is 0.442. The van der Waals surface area contributed by atoms with Crippen LogP contribution in [0.5, 0.6) is 11.5 Å². The van der Waals surface area contributed by atoms with Crippen LogP contribution in [0.1, 0.15) is 5.56 Å². The summed E-state index contributed by atoms with van der Waals surface area (Å²) in [6.45, 7) is 0. The predicted octanol–water partition coefficient (Wildman–Crippen LogP) is 3.52. The standard InChI is InChI=1S/C15H11F2N3O/c16-11-2-1-9(6-10(11)15(18)19)21-14-5-8-3-4-20-13(8)7-12(14)17/h1-7,20H,(H3,18,19). The third-order valence-corrected chi connectivity index (χ3v) is 3.06. The van der Waals surface area contributed by atoms with Crippen LogP contribution in [0.3, 0.4) is 0 Å². The minimum absolute atomic E-state index is 0.0169. The van der Waals surface area contributed by atoms with Gasteiger partial charge in [0.25, 0.3) is 0 Å². The molecule has 2 aromatic carbocycles. The van der Waals surface area contributed by atoms with E-state index in [-0.39, 0.29) is 17.1 Å². The Bertz CT molecular complexity index is 842. The van der Waals surface area contributed by atoms with E-state index in [4.69, 9.17) is 15.9 Å². The van der Waals surface area contributed by atoms with E-state index in [1.165, 1.54) is 24.3 Å². The summed E-state index contributed by atoms with van der Waals surface area (Å²) in [6.07, 6.45) is 1.69. The number of halogens is 2. The topological polar surface area (TPSA) is 74.9 Å². The van der Waals surface area contributed by atoms with Crippen molar-refractivity contribution in [1.82, 2.24) is 4.98 Å². The van der Waals surface area contributed by atoms with E-state index in [2.05, 4.69) is 4.98 Å². The van der Waals surface area contributed by atoms with E-state index in [1.54, 1.807) is 12.3 Å². The lowest BCUT2D eigenvalue weighted by Gasteiger charge is -2.09. The average molecular weight is 287 g/mol. The maximum absolute atomic E-state index is 13.9. The molecule has 3 aromatic rings. The number of aromatic amines is 1. The molecular weight excluding hydrogens is 276 g/mol. The molecule has 1 heterocycles. The van der Waals surface area contributed by atoms with E-state index in [9.17, 15) is 8.78 Å².